The molecule has 1 aliphatic rings. The van der Waals surface area contributed by atoms with Crippen LogP contribution in [0.2, 0.25) is 0 Å². The van der Waals surface area contributed by atoms with Crippen molar-refractivity contribution in [2.45, 2.75) is 90.9 Å². The minimum absolute atomic E-state index is 0.0501. The molecule has 4 atom stereocenters. The standard InChI is InChI=1S/C34H49N5O6S/c1-21(2)17-27-34(44)37-28(18-24-12-14-25(45-6)15-13-24)33(43)35-23(5)32(42)38-29(22(3)4)19-39(20-30(40)36-27)31(41)11-7-9-26-10-8-16-46-26/h8,10,12-16,21-23,27-29H,7,9,11,17-20H2,1-6H3,(H,35,43)(H,36,40)(H,37,44)(H,38,42)/t23-,27+,28+,29-/m1/s1. The molecular formula is C34H49N5O6S. The van der Waals surface area contributed by atoms with E-state index in [-0.39, 0.29) is 43.7 Å². The zero-order chi connectivity index (χ0) is 33.8. The molecule has 0 spiro atoms. The molecule has 4 N–H and O–H groups in total. The normalized spacial score (nSPS) is 22.0. The van der Waals surface area contributed by atoms with Gasteiger partial charge in [0.05, 0.1) is 13.7 Å². The molecule has 46 heavy (non-hydrogen) atoms. The van der Waals surface area contributed by atoms with Crippen LogP contribution in [-0.4, -0.2) is 78.8 Å². The molecule has 1 aromatic heterocycles. The van der Waals surface area contributed by atoms with Crippen molar-refractivity contribution in [1.82, 2.24) is 26.2 Å². The number of ether oxygens (including phenoxy) is 1. The summed E-state index contributed by atoms with van der Waals surface area (Å²) in [6.45, 7) is 9.15. The van der Waals surface area contributed by atoms with Crippen molar-refractivity contribution in [3.8, 4) is 5.75 Å². The second-order valence-corrected chi connectivity index (χ2v) is 13.7. The maximum Gasteiger partial charge on any atom is 0.243 e. The predicted molar refractivity (Wildman–Crippen MR) is 178 cm³/mol. The first-order valence-corrected chi connectivity index (χ1v) is 16.9. The number of hydrogen-bond donors (Lipinski definition) is 4. The minimum Gasteiger partial charge on any atom is -0.497 e. The summed E-state index contributed by atoms with van der Waals surface area (Å²) in [5.41, 5.74) is 0.772. The van der Waals surface area contributed by atoms with Crippen LogP contribution in [0.3, 0.4) is 0 Å². The highest BCUT2D eigenvalue weighted by Crippen LogP contribution is 2.16. The predicted octanol–water partition coefficient (Wildman–Crippen LogP) is 2.83. The monoisotopic (exact) mass is 655 g/mol. The van der Waals surface area contributed by atoms with Crippen LogP contribution < -0.4 is 26.0 Å². The molecule has 11 nitrogen and oxygen atoms in total. The number of carbonyl (C=O) groups is 5. The van der Waals surface area contributed by atoms with Gasteiger partial charge in [0, 0.05) is 30.3 Å². The number of carbonyl (C=O) groups excluding carboxylic acids is 5. The Labute approximate surface area is 276 Å². The molecule has 1 saturated heterocycles. The first-order chi connectivity index (χ1) is 21.9. The van der Waals surface area contributed by atoms with E-state index in [1.54, 1.807) is 49.6 Å². The summed E-state index contributed by atoms with van der Waals surface area (Å²) < 4.78 is 5.23. The van der Waals surface area contributed by atoms with Gasteiger partial charge < -0.3 is 30.9 Å². The third-order valence-electron chi connectivity index (χ3n) is 7.97. The smallest absolute Gasteiger partial charge is 0.243 e. The Hall–Kier alpha value is -3.93. The number of thiophene rings is 1. The van der Waals surface area contributed by atoms with Crippen molar-refractivity contribution in [3.05, 3.63) is 52.2 Å². The van der Waals surface area contributed by atoms with Crippen LogP contribution in [0, 0.1) is 11.8 Å². The van der Waals surface area contributed by atoms with Gasteiger partial charge in [0.15, 0.2) is 0 Å². The fraction of sp³-hybridized carbons (Fsp3) is 0.559. The average Bonchev–Trinajstić information content (AvgIpc) is 3.52. The van der Waals surface area contributed by atoms with E-state index in [1.165, 1.54) is 9.78 Å². The quantitative estimate of drug-likeness (QED) is 0.310. The number of benzene rings is 1. The number of rotatable bonds is 10. The summed E-state index contributed by atoms with van der Waals surface area (Å²) in [5, 5.41) is 13.4. The molecule has 252 valence electrons. The second kappa shape index (κ2) is 17.7. The Morgan fingerprint density at radius 3 is 2.24 bits per heavy atom. The van der Waals surface area contributed by atoms with Crippen LogP contribution >= 0.6 is 11.3 Å². The van der Waals surface area contributed by atoms with Crippen molar-refractivity contribution in [2.75, 3.05) is 20.2 Å². The molecule has 0 bridgehead atoms. The Morgan fingerprint density at radius 1 is 0.935 bits per heavy atom. The van der Waals surface area contributed by atoms with Gasteiger partial charge in [-0.15, -0.1) is 11.3 Å². The van der Waals surface area contributed by atoms with Gasteiger partial charge in [-0.2, -0.15) is 0 Å². The van der Waals surface area contributed by atoms with Crippen molar-refractivity contribution >= 4 is 40.9 Å². The zero-order valence-corrected chi connectivity index (χ0v) is 28.6. The third-order valence-corrected chi connectivity index (χ3v) is 8.91. The van der Waals surface area contributed by atoms with Gasteiger partial charge in [-0.25, -0.2) is 0 Å². The number of aryl methyl sites for hydroxylation is 1. The molecule has 1 aliphatic heterocycles. The second-order valence-electron chi connectivity index (χ2n) is 12.7. The SMILES string of the molecule is COc1ccc(C[C@@H]2NC(=O)[C@H](CC(C)C)NC(=O)CN(C(=O)CCCc3cccs3)C[C@H](C(C)C)NC(=O)[C@@H](C)NC2=O)cc1. The number of methoxy groups -OCH3 is 1. The summed E-state index contributed by atoms with van der Waals surface area (Å²) in [4.78, 5) is 70.1. The molecule has 5 amide bonds. The van der Waals surface area contributed by atoms with E-state index < -0.39 is 47.8 Å². The van der Waals surface area contributed by atoms with Crippen LogP contribution in [0.15, 0.2) is 41.8 Å². The molecule has 2 aromatic rings. The molecular weight excluding hydrogens is 606 g/mol. The van der Waals surface area contributed by atoms with Crippen molar-refractivity contribution in [2.24, 2.45) is 11.8 Å². The molecule has 3 rings (SSSR count). The first kappa shape index (κ1) is 36.5. The summed E-state index contributed by atoms with van der Waals surface area (Å²) in [6, 6.07) is 7.78. The molecule has 2 heterocycles. The topological polar surface area (TPSA) is 146 Å². The van der Waals surface area contributed by atoms with Crippen LogP contribution in [0.4, 0.5) is 0 Å². The van der Waals surface area contributed by atoms with Crippen LogP contribution in [0.1, 0.15) is 64.3 Å². The Morgan fingerprint density at radius 2 is 1.63 bits per heavy atom. The number of hydrogen-bond acceptors (Lipinski definition) is 7. The lowest BCUT2D eigenvalue weighted by molar-refractivity contribution is -0.138. The number of nitrogens with one attached hydrogen (secondary N) is 4. The fourth-order valence-corrected chi connectivity index (χ4v) is 5.98. The number of nitrogens with zero attached hydrogens (tertiary/aromatic N) is 1. The van der Waals surface area contributed by atoms with E-state index >= 15 is 0 Å². The molecule has 12 heteroatoms. The molecule has 0 unspecified atom stereocenters. The highest BCUT2D eigenvalue weighted by molar-refractivity contribution is 7.09. The van der Waals surface area contributed by atoms with E-state index in [9.17, 15) is 24.0 Å². The Bertz CT molecular complexity index is 1310. The van der Waals surface area contributed by atoms with Crippen molar-refractivity contribution in [3.63, 3.8) is 0 Å². The highest BCUT2D eigenvalue weighted by Gasteiger charge is 2.32. The van der Waals surface area contributed by atoms with Crippen LogP contribution in [-0.2, 0) is 36.8 Å². The van der Waals surface area contributed by atoms with Gasteiger partial charge >= 0.3 is 0 Å². The van der Waals surface area contributed by atoms with Gasteiger partial charge in [-0.3, -0.25) is 24.0 Å². The molecule has 1 fully saturated rings. The van der Waals surface area contributed by atoms with Gasteiger partial charge in [0.25, 0.3) is 0 Å². The van der Waals surface area contributed by atoms with E-state index in [0.29, 0.717) is 18.6 Å². The van der Waals surface area contributed by atoms with E-state index in [0.717, 1.165) is 12.0 Å². The van der Waals surface area contributed by atoms with Gasteiger partial charge in [0.2, 0.25) is 29.5 Å². The largest absolute Gasteiger partial charge is 0.497 e. The number of amides is 5. The van der Waals surface area contributed by atoms with E-state index in [2.05, 4.69) is 21.3 Å². The van der Waals surface area contributed by atoms with Gasteiger partial charge in [-0.05, 0) is 67.2 Å². The zero-order valence-electron chi connectivity index (χ0n) is 27.8. The third kappa shape index (κ3) is 11.5. The molecule has 0 saturated carbocycles. The molecule has 0 radical (unpaired) electrons. The van der Waals surface area contributed by atoms with Crippen molar-refractivity contribution in [1.29, 1.82) is 0 Å². The fourth-order valence-electron chi connectivity index (χ4n) is 5.22. The van der Waals surface area contributed by atoms with Crippen LogP contribution in [0.25, 0.3) is 0 Å². The summed E-state index contributed by atoms with van der Waals surface area (Å²) in [6.07, 6.45) is 2.08. The summed E-state index contributed by atoms with van der Waals surface area (Å²) in [7, 11) is 1.56. The molecule has 1 aromatic carbocycles. The Balaban J connectivity index is 1.89. The Kier molecular flexibility index (Phi) is 14.0. The molecule has 0 aliphatic carbocycles. The lowest BCUT2D eigenvalue weighted by Crippen LogP contribution is -2.57. The lowest BCUT2D eigenvalue weighted by Gasteiger charge is -2.31. The van der Waals surface area contributed by atoms with Crippen LogP contribution in [0.5, 0.6) is 5.75 Å². The minimum atomic E-state index is -1.02. The maximum absolute atomic E-state index is 13.7. The van der Waals surface area contributed by atoms with Crippen molar-refractivity contribution < 1.29 is 28.7 Å². The van der Waals surface area contributed by atoms with Gasteiger partial charge in [0.1, 0.15) is 23.9 Å². The summed E-state index contributed by atoms with van der Waals surface area (Å²) >= 11 is 1.63. The van der Waals surface area contributed by atoms with E-state index in [4.69, 9.17) is 4.74 Å². The highest BCUT2D eigenvalue weighted by atomic mass is 32.1. The first-order valence-electron chi connectivity index (χ1n) is 16.0. The summed E-state index contributed by atoms with van der Waals surface area (Å²) in [5.74, 6) is -1.54. The van der Waals surface area contributed by atoms with Gasteiger partial charge in [-0.1, -0.05) is 45.9 Å². The lowest BCUT2D eigenvalue weighted by atomic mass is 10.0. The average molecular weight is 656 g/mol. The maximum atomic E-state index is 13.7. The van der Waals surface area contributed by atoms with E-state index in [1.807, 2.05) is 45.2 Å².